The summed E-state index contributed by atoms with van der Waals surface area (Å²) in [6.45, 7) is 3.58. The summed E-state index contributed by atoms with van der Waals surface area (Å²) >= 11 is 0. The van der Waals surface area contributed by atoms with Crippen LogP contribution in [0.3, 0.4) is 0 Å². The lowest BCUT2D eigenvalue weighted by atomic mass is 10.1. The molecular weight excluding hydrogens is 488 g/mol. The molecule has 37 heavy (non-hydrogen) atoms. The molecule has 3 aromatic carbocycles. The maximum atomic E-state index is 9.44. The lowest BCUT2D eigenvalue weighted by molar-refractivity contribution is -0.704. The molecule has 4 rings (SSSR count). The van der Waals surface area contributed by atoms with Crippen LogP contribution in [0.5, 0.6) is 5.75 Å². The monoisotopic (exact) mass is 522 g/mol. The van der Waals surface area contributed by atoms with Gasteiger partial charge in [-0.25, -0.2) is 17.6 Å². The third-order valence-electron chi connectivity index (χ3n) is 5.76. The molecule has 1 aromatic heterocycles. The highest BCUT2D eigenvalue weighted by Gasteiger charge is 2.17. The molecule has 0 N–H and O–H groups in total. The van der Waals surface area contributed by atoms with Gasteiger partial charge in [0.1, 0.15) is 30.8 Å². The summed E-state index contributed by atoms with van der Waals surface area (Å²) in [4.78, 5) is 0. The van der Waals surface area contributed by atoms with Crippen molar-refractivity contribution < 1.29 is 27.0 Å². The van der Waals surface area contributed by atoms with Gasteiger partial charge < -0.3 is 14.0 Å². The summed E-state index contributed by atoms with van der Waals surface area (Å²) in [6.07, 6.45) is 7.41. The van der Waals surface area contributed by atoms with Crippen LogP contribution in [-0.4, -0.2) is 30.4 Å². The predicted molar refractivity (Wildman–Crippen MR) is 142 cm³/mol. The Balaban J connectivity index is 0.000000568. The smallest absolute Gasteiger partial charge is 0.243 e. The SMILES string of the molecule is CCS(=O)(=O)[O-].COc1ccc(COC(C[n+]2ccn(CCc3ccccc3)c2)c2ccccc2)cc1. The molecule has 1 atom stereocenters. The van der Waals surface area contributed by atoms with Crippen molar-refractivity contribution in [2.75, 3.05) is 12.9 Å². The van der Waals surface area contributed by atoms with Crippen LogP contribution in [-0.2, 0) is 41.0 Å². The van der Waals surface area contributed by atoms with E-state index < -0.39 is 10.1 Å². The van der Waals surface area contributed by atoms with Gasteiger partial charge in [0.05, 0.1) is 30.4 Å². The van der Waals surface area contributed by atoms with Gasteiger partial charge in [-0.2, -0.15) is 0 Å². The minimum Gasteiger partial charge on any atom is -0.748 e. The molecule has 0 saturated carbocycles. The maximum Gasteiger partial charge on any atom is 0.243 e. The molecule has 0 saturated heterocycles. The second-order valence-corrected chi connectivity index (χ2v) is 10.2. The number of aryl methyl sites for hydroxylation is 2. The van der Waals surface area contributed by atoms with Gasteiger partial charge in [-0.05, 0) is 28.8 Å². The van der Waals surface area contributed by atoms with Gasteiger partial charge in [0.2, 0.25) is 6.33 Å². The number of rotatable bonds is 11. The summed E-state index contributed by atoms with van der Waals surface area (Å²) in [5, 5.41) is 0. The standard InChI is InChI=1S/C27H29N2O2.C2H6O3S/c1-30-26-14-12-24(13-15-26)21-31-27(25-10-6-3-7-11-25)20-29-19-18-28(22-29)17-16-23-8-4-2-5-9-23;1-2-6(3,4)5/h2-15,18-19,22,27H,16-17,20-21H2,1H3;2H2,1H3,(H,3,4,5)/q+1;/p-1. The number of hydrogen-bond donors (Lipinski definition) is 0. The number of ether oxygens (including phenoxy) is 2. The summed E-state index contributed by atoms with van der Waals surface area (Å²) in [6, 6.07) is 29.1. The largest absolute Gasteiger partial charge is 0.748 e. The lowest BCUT2D eigenvalue weighted by Crippen LogP contribution is -2.35. The number of nitrogens with zero attached hydrogens (tertiary/aromatic N) is 2. The van der Waals surface area contributed by atoms with Crippen LogP contribution >= 0.6 is 0 Å². The predicted octanol–water partition coefficient (Wildman–Crippen LogP) is 4.54. The molecule has 0 radical (unpaired) electrons. The molecular formula is C29H34N2O5S. The van der Waals surface area contributed by atoms with Crippen molar-refractivity contribution in [1.29, 1.82) is 0 Å². The van der Waals surface area contributed by atoms with Crippen molar-refractivity contribution in [3.05, 3.63) is 120 Å². The van der Waals surface area contributed by atoms with E-state index in [-0.39, 0.29) is 11.9 Å². The quantitative estimate of drug-likeness (QED) is 0.213. The van der Waals surface area contributed by atoms with E-state index in [4.69, 9.17) is 9.47 Å². The fourth-order valence-electron chi connectivity index (χ4n) is 3.61. The fourth-order valence-corrected chi connectivity index (χ4v) is 3.61. The molecule has 1 unspecified atom stereocenters. The third kappa shape index (κ3) is 10.2. The molecule has 0 aliphatic rings. The molecule has 0 spiro atoms. The Labute approximate surface area is 219 Å². The zero-order valence-electron chi connectivity index (χ0n) is 21.3. The number of aromatic nitrogens is 2. The van der Waals surface area contributed by atoms with Crippen LogP contribution in [0, 0.1) is 0 Å². The fraction of sp³-hybridized carbons (Fsp3) is 0.276. The van der Waals surface area contributed by atoms with Crippen molar-refractivity contribution in [2.24, 2.45) is 0 Å². The van der Waals surface area contributed by atoms with Crippen LogP contribution in [0.1, 0.15) is 29.7 Å². The van der Waals surface area contributed by atoms with Crippen molar-refractivity contribution >= 4 is 10.1 Å². The first-order valence-electron chi connectivity index (χ1n) is 12.2. The van der Waals surface area contributed by atoms with Gasteiger partial charge in [-0.3, -0.25) is 0 Å². The summed E-state index contributed by atoms with van der Waals surface area (Å²) < 4.78 is 44.4. The van der Waals surface area contributed by atoms with Crippen LogP contribution < -0.4 is 9.30 Å². The highest BCUT2D eigenvalue weighted by molar-refractivity contribution is 7.85. The average Bonchev–Trinajstić information content (AvgIpc) is 3.38. The van der Waals surface area contributed by atoms with Crippen LogP contribution in [0.4, 0.5) is 0 Å². The Kier molecular flexibility index (Phi) is 10.9. The molecule has 0 aliphatic carbocycles. The van der Waals surface area contributed by atoms with E-state index in [1.807, 2.05) is 30.3 Å². The minimum atomic E-state index is -3.91. The summed E-state index contributed by atoms with van der Waals surface area (Å²) in [5.41, 5.74) is 3.67. The number of methoxy groups -OCH3 is 1. The van der Waals surface area contributed by atoms with Gasteiger partial charge in [0, 0.05) is 12.2 Å². The highest BCUT2D eigenvalue weighted by Crippen LogP contribution is 2.20. The molecule has 7 nitrogen and oxygen atoms in total. The van der Waals surface area contributed by atoms with E-state index in [2.05, 4.69) is 82.5 Å². The van der Waals surface area contributed by atoms with E-state index in [0.717, 1.165) is 30.8 Å². The van der Waals surface area contributed by atoms with Crippen LogP contribution in [0.15, 0.2) is 104 Å². The Morgan fingerprint density at radius 2 is 1.54 bits per heavy atom. The first-order valence-corrected chi connectivity index (χ1v) is 13.8. The number of imidazole rings is 1. The molecule has 0 bridgehead atoms. The van der Waals surface area contributed by atoms with Gasteiger partial charge in [0.25, 0.3) is 0 Å². The highest BCUT2D eigenvalue weighted by atomic mass is 32.2. The van der Waals surface area contributed by atoms with Crippen molar-refractivity contribution in [3.63, 3.8) is 0 Å². The Morgan fingerprint density at radius 3 is 2.14 bits per heavy atom. The first-order chi connectivity index (χ1) is 17.9. The van der Waals surface area contributed by atoms with E-state index in [0.29, 0.717) is 6.61 Å². The third-order valence-corrected chi connectivity index (χ3v) is 6.47. The molecule has 0 fully saturated rings. The van der Waals surface area contributed by atoms with Gasteiger partial charge >= 0.3 is 0 Å². The van der Waals surface area contributed by atoms with E-state index in [1.54, 1.807) is 7.11 Å². The lowest BCUT2D eigenvalue weighted by Gasteiger charge is -2.17. The topological polar surface area (TPSA) is 84.5 Å². The molecule has 4 aromatic rings. The Morgan fingerprint density at radius 1 is 0.919 bits per heavy atom. The first kappa shape index (κ1) is 28.1. The Bertz CT molecular complexity index is 1290. The normalized spacial score (nSPS) is 11.9. The van der Waals surface area contributed by atoms with Crippen molar-refractivity contribution in [2.45, 2.75) is 39.1 Å². The Hall–Kier alpha value is -3.46. The minimum absolute atomic E-state index is 0.0294. The number of benzene rings is 3. The van der Waals surface area contributed by atoms with E-state index >= 15 is 0 Å². The van der Waals surface area contributed by atoms with E-state index in [1.165, 1.54) is 18.1 Å². The van der Waals surface area contributed by atoms with Gasteiger partial charge in [0.15, 0.2) is 0 Å². The van der Waals surface area contributed by atoms with Crippen LogP contribution in [0.25, 0.3) is 0 Å². The van der Waals surface area contributed by atoms with Gasteiger partial charge in [-0.1, -0.05) is 79.7 Å². The molecule has 1 heterocycles. The molecule has 8 heteroatoms. The summed E-state index contributed by atoms with van der Waals surface area (Å²) in [7, 11) is -2.23. The zero-order valence-corrected chi connectivity index (χ0v) is 22.1. The number of hydrogen-bond acceptors (Lipinski definition) is 5. The van der Waals surface area contributed by atoms with Crippen LogP contribution in [0.2, 0.25) is 0 Å². The second-order valence-electron chi connectivity index (χ2n) is 8.49. The molecule has 196 valence electrons. The molecule has 0 aliphatic heterocycles. The van der Waals surface area contributed by atoms with Crippen molar-refractivity contribution in [3.8, 4) is 5.75 Å². The van der Waals surface area contributed by atoms with E-state index in [9.17, 15) is 13.0 Å². The molecule has 0 amide bonds. The van der Waals surface area contributed by atoms with Crippen molar-refractivity contribution in [1.82, 2.24) is 4.57 Å². The summed E-state index contributed by atoms with van der Waals surface area (Å²) in [5.74, 6) is 0.545. The maximum absolute atomic E-state index is 9.44. The average molecular weight is 523 g/mol. The van der Waals surface area contributed by atoms with Gasteiger partial charge in [-0.15, -0.1) is 0 Å². The second kappa shape index (κ2) is 14.3. The zero-order chi connectivity index (χ0) is 26.5.